The number of thiazole rings is 1. The Labute approximate surface area is 178 Å². The molecule has 0 bridgehead atoms. The van der Waals surface area contributed by atoms with Crippen molar-refractivity contribution >= 4 is 40.1 Å². The molecule has 1 atom stereocenters. The van der Waals surface area contributed by atoms with E-state index in [1.807, 2.05) is 44.5 Å². The SMILES string of the molecule is COC(=O)c1ccc(-n2c(C)cc(-c3csc(NC(=O)C(C)SC)n3)c2C)cc1. The van der Waals surface area contributed by atoms with E-state index in [0.29, 0.717) is 10.7 Å². The number of amides is 1. The number of esters is 1. The zero-order valence-corrected chi connectivity index (χ0v) is 18.6. The van der Waals surface area contributed by atoms with E-state index < -0.39 is 0 Å². The van der Waals surface area contributed by atoms with Crippen LogP contribution in [-0.2, 0) is 9.53 Å². The second-order valence-corrected chi connectivity index (χ2v) is 8.60. The fourth-order valence-corrected chi connectivity index (χ4v) is 4.04. The Morgan fingerprint density at radius 2 is 1.93 bits per heavy atom. The number of rotatable bonds is 6. The molecule has 0 saturated carbocycles. The van der Waals surface area contributed by atoms with Crippen LogP contribution in [-0.4, -0.2) is 40.0 Å². The number of nitrogens with zero attached hydrogens (tertiary/aromatic N) is 2. The first-order chi connectivity index (χ1) is 13.8. The topological polar surface area (TPSA) is 73.2 Å². The molecule has 3 aromatic rings. The summed E-state index contributed by atoms with van der Waals surface area (Å²) in [4.78, 5) is 28.3. The normalized spacial score (nSPS) is 11.9. The van der Waals surface area contributed by atoms with Crippen LogP contribution in [0.15, 0.2) is 35.7 Å². The number of aromatic nitrogens is 2. The maximum Gasteiger partial charge on any atom is 0.337 e. The van der Waals surface area contributed by atoms with Crippen LogP contribution in [0.4, 0.5) is 5.13 Å². The summed E-state index contributed by atoms with van der Waals surface area (Å²) in [5.74, 6) is -0.402. The summed E-state index contributed by atoms with van der Waals surface area (Å²) in [6.45, 7) is 5.93. The highest BCUT2D eigenvalue weighted by Crippen LogP contribution is 2.32. The van der Waals surface area contributed by atoms with E-state index in [-0.39, 0.29) is 17.1 Å². The summed E-state index contributed by atoms with van der Waals surface area (Å²) in [5, 5.41) is 5.30. The van der Waals surface area contributed by atoms with E-state index in [1.54, 1.807) is 12.1 Å². The Balaban J connectivity index is 1.88. The molecule has 0 fully saturated rings. The van der Waals surface area contributed by atoms with Gasteiger partial charge in [-0.25, -0.2) is 9.78 Å². The number of carbonyl (C=O) groups is 2. The highest BCUT2D eigenvalue weighted by atomic mass is 32.2. The molecule has 1 unspecified atom stereocenters. The van der Waals surface area contributed by atoms with Gasteiger partial charge in [0.2, 0.25) is 5.91 Å². The molecule has 1 N–H and O–H groups in total. The number of anilines is 1. The molecule has 0 aliphatic rings. The Morgan fingerprint density at radius 3 is 2.55 bits per heavy atom. The van der Waals surface area contributed by atoms with Crippen molar-refractivity contribution in [3.05, 3.63) is 52.7 Å². The predicted molar refractivity (Wildman–Crippen MR) is 119 cm³/mol. The van der Waals surface area contributed by atoms with Crippen molar-refractivity contribution in [1.29, 1.82) is 0 Å². The largest absolute Gasteiger partial charge is 0.465 e. The Hall–Kier alpha value is -2.58. The third-order valence-electron chi connectivity index (χ3n) is 4.71. The van der Waals surface area contributed by atoms with Crippen LogP contribution in [0.3, 0.4) is 0 Å². The van der Waals surface area contributed by atoms with E-state index >= 15 is 0 Å². The molecular formula is C21H23N3O3S2. The standard InChI is InChI=1S/C21H23N3O3S2/c1-12-10-17(18-11-29-21(22-18)23-19(25)14(3)28-5)13(2)24(12)16-8-6-15(7-9-16)20(26)27-4/h6-11,14H,1-5H3,(H,22,23,25). The van der Waals surface area contributed by atoms with Gasteiger partial charge < -0.3 is 14.6 Å². The summed E-state index contributed by atoms with van der Waals surface area (Å²) in [6.07, 6.45) is 1.91. The van der Waals surface area contributed by atoms with E-state index in [9.17, 15) is 9.59 Å². The quantitative estimate of drug-likeness (QED) is 0.575. The Kier molecular flexibility index (Phi) is 6.44. The molecule has 2 aromatic heterocycles. The highest BCUT2D eigenvalue weighted by Gasteiger charge is 2.17. The Morgan fingerprint density at radius 1 is 1.24 bits per heavy atom. The van der Waals surface area contributed by atoms with E-state index in [0.717, 1.165) is 28.3 Å². The molecule has 29 heavy (non-hydrogen) atoms. The van der Waals surface area contributed by atoms with Gasteiger partial charge in [0, 0.05) is 28.0 Å². The summed E-state index contributed by atoms with van der Waals surface area (Å²) in [5.41, 5.74) is 5.39. The molecule has 2 heterocycles. The number of nitrogens with one attached hydrogen (secondary N) is 1. The lowest BCUT2D eigenvalue weighted by Gasteiger charge is -2.10. The van der Waals surface area contributed by atoms with Crippen LogP contribution in [0.1, 0.15) is 28.7 Å². The van der Waals surface area contributed by atoms with Crippen molar-refractivity contribution in [2.75, 3.05) is 18.7 Å². The van der Waals surface area contributed by atoms with Gasteiger partial charge >= 0.3 is 5.97 Å². The molecule has 8 heteroatoms. The van der Waals surface area contributed by atoms with Crippen molar-refractivity contribution in [3.63, 3.8) is 0 Å². The first-order valence-electron chi connectivity index (χ1n) is 9.03. The molecule has 1 amide bonds. The van der Waals surface area contributed by atoms with Crippen molar-refractivity contribution in [2.45, 2.75) is 26.0 Å². The number of benzene rings is 1. The van der Waals surface area contributed by atoms with Crippen LogP contribution in [0.2, 0.25) is 0 Å². The van der Waals surface area contributed by atoms with Gasteiger partial charge in [-0.1, -0.05) is 0 Å². The van der Waals surface area contributed by atoms with Crippen LogP contribution in [0, 0.1) is 13.8 Å². The lowest BCUT2D eigenvalue weighted by Crippen LogP contribution is -2.21. The first kappa shape index (κ1) is 21.1. The third-order valence-corrected chi connectivity index (χ3v) is 6.39. The van der Waals surface area contributed by atoms with Gasteiger partial charge in [0.05, 0.1) is 23.6 Å². The molecule has 0 aliphatic heterocycles. The van der Waals surface area contributed by atoms with E-state index in [1.165, 1.54) is 30.2 Å². The number of thioether (sulfide) groups is 1. The lowest BCUT2D eigenvalue weighted by atomic mass is 10.2. The van der Waals surface area contributed by atoms with Crippen molar-refractivity contribution in [1.82, 2.24) is 9.55 Å². The zero-order chi connectivity index (χ0) is 21.1. The number of methoxy groups -OCH3 is 1. The molecule has 3 rings (SSSR count). The van der Waals surface area contributed by atoms with Gasteiger partial charge in [-0.05, 0) is 57.4 Å². The van der Waals surface area contributed by atoms with Crippen LogP contribution >= 0.6 is 23.1 Å². The number of carbonyl (C=O) groups excluding carboxylic acids is 2. The molecule has 0 saturated heterocycles. The zero-order valence-electron chi connectivity index (χ0n) is 17.0. The van der Waals surface area contributed by atoms with Crippen molar-refractivity contribution in [3.8, 4) is 16.9 Å². The average Bonchev–Trinajstić information content (AvgIpc) is 3.30. The highest BCUT2D eigenvalue weighted by molar-refractivity contribution is 7.99. The predicted octanol–water partition coefficient (Wildman–Crippen LogP) is 4.69. The number of ether oxygens (including phenoxy) is 1. The van der Waals surface area contributed by atoms with E-state index in [2.05, 4.69) is 20.9 Å². The summed E-state index contributed by atoms with van der Waals surface area (Å²) >= 11 is 2.91. The van der Waals surface area contributed by atoms with Crippen LogP contribution < -0.4 is 5.32 Å². The fourth-order valence-electron chi connectivity index (χ4n) is 3.05. The smallest absolute Gasteiger partial charge is 0.337 e. The fraction of sp³-hybridized carbons (Fsp3) is 0.286. The average molecular weight is 430 g/mol. The summed E-state index contributed by atoms with van der Waals surface area (Å²) < 4.78 is 6.87. The maximum atomic E-state index is 12.1. The number of hydrogen-bond donors (Lipinski definition) is 1. The third kappa shape index (κ3) is 4.38. The number of hydrogen-bond acceptors (Lipinski definition) is 6. The van der Waals surface area contributed by atoms with Crippen molar-refractivity contribution < 1.29 is 14.3 Å². The van der Waals surface area contributed by atoms with Crippen molar-refractivity contribution in [2.24, 2.45) is 0 Å². The summed E-state index contributed by atoms with van der Waals surface area (Å²) in [7, 11) is 1.37. The molecule has 0 aliphatic carbocycles. The lowest BCUT2D eigenvalue weighted by molar-refractivity contribution is -0.115. The minimum absolute atomic E-state index is 0.0467. The number of aryl methyl sites for hydroxylation is 1. The van der Waals surface area contributed by atoms with Gasteiger partial charge in [0.25, 0.3) is 0 Å². The van der Waals surface area contributed by atoms with Gasteiger partial charge in [0.1, 0.15) is 0 Å². The second kappa shape index (κ2) is 8.84. The minimum atomic E-state index is -0.356. The van der Waals surface area contributed by atoms with E-state index in [4.69, 9.17) is 4.74 Å². The minimum Gasteiger partial charge on any atom is -0.465 e. The van der Waals surface area contributed by atoms with Gasteiger partial charge in [0.15, 0.2) is 5.13 Å². The summed E-state index contributed by atoms with van der Waals surface area (Å²) in [6, 6.07) is 9.38. The molecule has 0 radical (unpaired) electrons. The molecular weight excluding hydrogens is 406 g/mol. The van der Waals surface area contributed by atoms with Gasteiger partial charge in [-0.3, -0.25) is 4.79 Å². The van der Waals surface area contributed by atoms with Gasteiger partial charge in [-0.15, -0.1) is 11.3 Å². The molecule has 0 spiro atoms. The second-order valence-electron chi connectivity index (χ2n) is 6.56. The maximum absolute atomic E-state index is 12.1. The van der Waals surface area contributed by atoms with Crippen LogP contribution in [0.25, 0.3) is 16.9 Å². The molecule has 6 nitrogen and oxygen atoms in total. The van der Waals surface area contributed by atoms with Crippen LogP contribution in [0.5, 0.6) is 0 Å². The first-order valence-corrected chi connectivity index (χ1v) is 11.2. The Bertz CT molecular complexity index is 1040. The molecule has 1 aromatic carbocycles. The van der Waals surface area contributed by atoms with Gasteiger partial charge in [-0.2, -0.15) is 11.8 Å². The monoisotopic (exact) mass is 429 g/mol. The molecule has 152 valence electrons.